The number of nitrogens with zero attached hydrogens (tertiary/aromatic N) is 1. The third-order valence-corrected chi connectivity index (χ3v) is 4.15. The van der Waals surface area contributed by atoms with Gasteiger partial charge in [0.15, 0.2) is 0 Å². The molecule has 0 saturated carbocycles. The predicted molar refractivity (Wildman–Crippen MR) is 82.1 cm³/mol. The summed E-state index contributed by atoms with van der Waals surface area (Å²) in [4.78, 5) is 15.7. The molecule has 2 aromatic heterocycles. The number of carbonyl (C=O) groups is 1. The molecular weight excluding hydrogens is 286 g/mol. The summed E-state index contributed by atoms with van der Waals surface area (Å²) in [5.74, 6) is 6.22. The summed E-state index contributed by atoms with van der Waals surface area (Å²) in [6.45, 7) is 4.73. The van der Waals surface area contributed by atoms with Gasteiger partial charge in [-0.2, -0.15) is 0 Å². The molecule has 0 unspecified atom stereocenters. The molecule has 2 rings (SSSR count). The van der Waals surface area contributed by atoms with Crippen molar-refractivity contribution < 1.29 is 14.3 Å². The molecule has 4 nitrogen and oxygen atoms in total. The van der Waals surface area contributed by atoms with Crippen molar-refractivity contribution in [1.29, 1.82) is 0 Å². The highest BCUT2D eigenvalue weighted by Gasteiger charge is 2.18. The zero-order chi connectivity index (χ0) is 15.2. The van der Waals surface area contributed by atoms with Gasteiger partial charge >= 0.3 is 0 Å². The van der Waals surface area contributed by atoms with Gasteiger partial charge in [0.05, 0.1) is 22.6 Å². The van der Waals surface area contributed by atoms with E-state index in [0.29, 0.717) is 18.0 Å². The van der Waals surface area contributed by atoms with Crippen molar-refractivity contribution in [2.75, 3.05) is 13.2 Å². The van der Waals surface area contributed by atoms with E-state index in [1.165, 1.54) is 11.3 Å². The zero-order valence-corrected chi connectivity index (χ0v) is 12.9. The van der Waals surface area contributed by atoms with Crippen LogP contribution in [0.15, 0.2) is 28.9 Å². The molecule has 2 heterocycles. The zero-order valence-electron chi connectivity index (χ0n) is 12.0. The fourth-order valence-corrected chi connectivity index (χ4v) is 2.92. The number of aliphatic hydroxyl groups is 1. The number of hydrogen-bond donors (Lipinski definition) is 1. The van der Waals surface area contributed by atoms with Gasteiger partial charge in [0.25, 0.3) is 5.91 Å². The van der Waals surface area contributed by atoms with Crippen LogP contribution in [-0.2, 0) is 6.54 Å². The highest BCUT2D eigenvalue weighted by molar-refractivity contribution is 7.14. The molecule has 0 fully saturated rings. The summed E-state index contributed by atoms with van der Waals surface area (Å²) >= 11 is 1.36. The largest absolute Gasteiger partial charge is 0.467 e. The van der Waals surface area contributed by atoms with E-state index in [0.717, 1.165) is 16.2 Å². The first-order chi connectivity index (χ1) is 10.2. The van der Waals surface area contributed by atoms with E-state index in [-0.39, 0.29) is 12.5 Å². The van der Waals surface area contributed by atoms with E-state index in [1.807, 2.05) is 32.0 Å². The van der Waals surface area contributed by atoms with Gasteiger partial charge in [0.1, 0.15) is 12.4 Å². The molecule has 0 bridgehead atoms. The number of furan rings is 1. The summed E-state index contributed by atoms with van der Waals surface area (Å²) in [6, 6.07) is 5.51. The van der Waals surface area contributed by atoms with Gasteiger partial charge in [-0.3, -0.25) is 4.79 Å². The third kappa shape index (κ3) is 3.75. The Morgan fingerprint density at radius 1 is 1.52 bits per heavy atom. The Morgan fingerprint density at radius 3 is 2.95 bits per heavy atom. The topological polar surface area (TPSA) is 53.7 Å². The van der Waals surface area contributed by atoms with E-state index < -0.39 is 0 Å². The molecule has 0 aromatic carbocycles. The predicted octanol–water partition coefficient (Wildman–Crippen LogP) is 2.66. The number of aryl methyl sites for hydroxylation is 1. The van der Waals surface area contributed by atoms with Gasteiger partial charge < -0.3 is 14.4 Å². The van der Waals surface area contributed by atoms with Crippen molar-refractivity contribution in [3.63, 3.8) is 0 Å². The molecule has 1 N–H and O–H groups in total. The van der Waals surface area contributed by atoms with Crippen LogP contribution >= 0.6 is 11.3 Å². The number of amides is 1. The normalized spacial score (nSPS) is 10.0. The second kappa shape index (κ2) is 7.11. The van der Waals surface area contributed by atoms with Gasteiger partial charge in [-0.1, -0.05) is 11.8 Å². The fraction of sp³-hybridized carbons (Fsp3) is 0.312. The van der Waals surface area contributed by atoms with Gasteiger partial charge in [0, 0.05) is 6.54 Å². The Bertz CT molecular complexity index is 661. The minimum absolute atomic E-state index is 0.0287. The molecule has 0 atom stereocenters. The standard InChI is InChI=1S/C16H17NO3S/c1-3-17(11-13-6-5-9-20-13)16(19)15-10-12(2)14(21-15)7-4-8-18/h5-6,9-10,18H,3,8,11H2,1-2H3. The van der Waals surface area contributed by atoms with Crippen LogP contribution in [0.3, 0.4) is 0 Å². The van der Waals surface area contributed by atoms with Crippen LogP contribution < -0.4 is 0 Å². The Morgan fingerprint density at radius 2 is 2.33 bits per heavy atom. The SMILES string of the molecule is CCN(Cc1ccco1)C(=O)c1cc(C)c(C#CCO)s1. The Kier molecular flexibility index (Phi) is 5.20. The molecule has 0 saturated heterocycles. The third-order valence-electron chi connectivity index (χ3n) is 3.01. The minimum atomic E-state index is -0.180. The smallest absolute Gasteiger partial charge is 0.264 e. The summed E-state index contributed by atoms with van der Waals surface area (Å²) in [6.07, 6.45) is 1.60. The lowest BCUT2D eigenvalue weighted by Gasteiger charge is -2.18. The molecule has 0 aliphatic carbocycles. The maximum Gasteiger partial charge on any atom is 0.264 e. The summed E-state index contributed by atoms with van der Waals surface area (Å²) in [5, 5.41) is 8.75. The first kappa shape index (κ1) is 15.4. The van der Waals surface area contributed by atoms with Crippen LogP contribution in [0.5, 0.6) is 0 Å². The molecule has 21 heavy (non-hydrogen) atoms. The van der Waals surface area contributed by atoms with Crippen molar-refractivity contribution in [3.05, 3.63) is 45.5 Å². The first-order valence-corrected chi connectivity index (χ1v) is 7.49. The Hall–Kier alpha value is -2.03. The summed E-state index contributed by atoms with van der Waals surface area (Å²) < 4.78 is 5.29. The number of thiophene rings is 1. The van der Waals surface area contributed by atoms with Crippen LogP contribution in [0.25, 0.3) is 0 Å². The molecule has 5 heteroatoms. The molecular formula is C16H17NO3S. The maximum absolute atomic E-state index is 12.5. The van der Waals surface area contributed by atoms with E-state index in [9.17, 15) is 4.79 Å². The van der Waals surface area contributed by atoms with Gasteiger partial charge in [-0.15, -0.1) is 11.3 Å². The van der Waals surface area contributed by atoms with E-state index in [1.54, 1.807) is 11.2 Å². The highest BCUT2D eigenvalue weighted by atomic mass is 32.1. The first-order valence-electron chi connectivity index (χ1n) is 6.67. The molecule has 2 aromatic rings. The maximum atomic E-state index is 12.5. The Balaban J connectivity index is 2.17. The van der Waals surface area contributed by atoms with Gasteiger partial charge in [0.2, 0.25) is 0 Å². The Labute approximate surface area is 128 Å². The second-order valence-corrected chi connectivity index (χ2v) is 5.53. The lowest BCUT2D eigenvalue weighted by molar-refractivity contribution is 0.0746. The van der Waals surface area contributed by atoms with Gasteiger partial charge in [-0.25, -0.2) is 0 Å². The lowest BCUT2D eigenvalue weighted by Crippen LogP contribution is -2.29. The number of rotatable bonds is 4. The van der Waals surface area contributed by atoms with E-state index >= 15 is 0 Å². The van der Waals surface area contributed by atoms with Crippen molar-refractivity contribution in [2.45, 2.75) is 20.4 Å². The average Bonchev–Trinajstić information content (AvgIpc) is 3.11. The van der Waals surface area contributed by atoms with Gasteiger partial charge in [-0.05, 0) is 37.6 Å². The lowest BCUT2D eigenvalue weighted by atomic mass is 10.2. The van der Waals surface area contributed by atoms with E-state index in [2.05, 4.69) is 11.8 Å². The molecule has 0 aliphatic rings. The fourth-order valence-electron chi connectivity index (χ4n) is 1.91. The summed E-state index contributed by atoms with van der Waals surface area (Å²) in [7, 11) is 0. The van der Waals surface area contributed by atoms with Crippen LogP contribution in [0, 0.1) is 18.8 Å². The highest BCUT2D eigenvalue weighted by Crippen LogP contribution is 2.23. The van der Waals surface area contributed by atoms with Crippen LogP contribution in [0.4, 0.5) is 0 Å². The second-order valence-electron chi connectivity index (χ2n) is 4.48. The van der Waals surface area contributed by atoms with Crippen molar-refractivity contribution in [2.24, 2.45) is 0 Å². The molecule has 110 valence electrons. The van der Waals surface area contributed by atoms with E-state index in [4.69, 9.17) is 9.52 Å². The monoisotopic (exact) mass is 303 g/mol. The minimum Gasteiger partial charge on any atom is -0.467 e. The van der Waals surface area contributed by atoms with Crippen LogP contribution in [0.1, 0.15) is 32.8 Å². The van der Waals surface area contributed by atoms with Crippen LogP contribution in [-0.4, -0.2) is 29.1 Å². The van der Waals surface area contributed by atoms with Crippen molar-refractivity contribution in [1.82, 2.24) is 4.90 Å². The molecule has 1 amide bonds. The molecule has 0 radical (unpaired) electrons. The van der Waals surface area contributed by atoms with Crippen molar-refractivity contribution >= 4 is 17.2 Å². The number of hydrogen-bond acceptors (Lipinski definition) is 4. The summed E-state index contributed by atoms with van der Waals surface area (Å²) in [5.41, 5.74) is 0.957. The quantitative estimate of drug-likeness (QED) is 0.884. The molecule has 0 aliphatic heterocycles. The van der Waals surface area contributed by atoms with Crippen LogP contribution in [0.2, 0.25) is 0 Å². The molecule has 0 spiro atoms. The number of carbonyl (C=O) groups excluding carboxylic acids is 1. The van der Waals surface area contributed by atoms with Crippen molar-refractivity contribution in [3.8, 4) is 11.8 Å². The number of aliphatic hydroxyl groups excluding tert-OH is 1. The average molecular weight is 303 g/mol.